The highest BCUT2D eigenvalue weighted by atomic mass is 79.9. The van der Waals surface area contributed by atoms with E-state index in [1.807, 2.05) is 6.92 Å². The first-order valence-electron chi connectivity index (χ1n) is 5.00. The molecule has 0 bridgehead atoms. The van der Waals surface area contributed by atoms with E-state index < -0.39 is 0 Å². The number of hydrogen-bond acceptors (Lipinski definition) is 4. The van der Waals surface area contributed by atoms with Gasteiger partial charge in [-0.1, -0.05) is 5.21 Å². The number of hydrogen-bond donors (Lipinski definition) is 1. The summed E-state index contributed by atoms with van der Waals surface area (Å²) in [4.78, 5) is 11.9. The molecule has 0 atom stereocenters. The van der Waals surface area contributed by atoms with Gasteiger partial charge in [0.25, 0.3) is 5.91 Å². The fraction of sp³-hybridized carbons (Fsp3) is 0.333. The monoisotopic (exact) mass is 298 g/mol. The van der Waals surface area contributed by atoms with E-state index in [1.54, 1.807) is 24.1 Å². The van der Waals surface area contributed by atoms with E-state index >= 15 is 0 Å². The lowest BCUT2D eigenvalue weighted by Gasteiger charge is -1.97. The zero-order valence-corrected chi connectivity index (χ0v) is 11.0. The summed E-state index contributed by atoms with van der Waals surface area (Å²) >= 11 is 3.29. The molecule has 0 fully saturated rings. The second kappa shape index (κ2) is 4.66. The number of carbonyl (C=O) groups is 1. The number of anilines is 1. The van der Waals surface area contributed by atoms with Gasteiger partial charge in [0.05, 0.1) is 10.7 Å². The van der Waals surface area contributed by atoms with Crippen molar-refractivity contribution in [2.24, 2.45) is 7.05 Å². The van der Waals surface area contributed by atoms with Gasteiger partial charge in [0.2, 0.25) is 0 Å². The summed E-state index contributed by atoms with van der Waals surface area (Å²) in [6.07, 6.45) is 3.37. The maximum Gasteiger partial charge on any atom is 0.278 e. The normalized spacial score (nSPS) is 10.5. The maximum atomic E-state index is 11.9. The first kappa shape index (κ1) is 11.8. The third-order valence-electron chi connectivity index (χ3n) is 2.10. The molecule has 0 saturated carbocycles. The van der Waals surface area contributed by atoms with Crippen LogP contribution in [0.4, 0.5) is 5.82 Å². The van der Waals surface area contributed by atoms with Crippen molar-refractivity contribution in [1.29, 1.82) is 0 Å². The lowest BCUT2D eigenvalue weighted by molar-refractivity contribution is 0.102. The van der Waals surface area contributed by atoms with Gasteiger partial charge in [0.1, 0.15) is 0 Å². The molecule has 7 nitrogen and oxygen atoms in total. The van der Waals surface area contributed by atoms with Gasteiger partial charge in [-0.2, -0.15) is 5.10 Å². The third-order valence-corrected chi connectivity index (χ3v) is 2.68. The van der Waals surface area contributed by atoms with Crippen molar-refractivity contribution in [2.75, 3.05) is 5.32 Å². The lowest BCUT2D eigenvalue weighted by Crippen LogP contribution is -2.14. The molecule has 2 rings (SSSR count). The molecule has 2 aromatic heterocycles. The molecule has 2 heterocycles. The molecule has 0 unspecified atom stereocenters. The molecule has 1 amide bonds. The number of nitrogens with one attached hydrogen (secondary N) is 1. The molecular weight excluding hydrogens is 288 g/mol. The van der Waals surface area contributed by atoms with Crippen molar-refractivity contribution in [3.8, 4) is 0 Å². The largest absolute Gasteiger partial charge is 0.302 e. The average molecular weight is 299 g/mol. The van der Waals surface area contributed by atoms with Crippen LogP contribution in [-0.2, 0) is 13.6 Å². The summed E-state index contributed by atoms with van der Waals surface area (Å²) < 4.78 is 3.84. The highest BCUT2D eigenvalue weighted by Gasteiger charge is 2.15. The van der Waals surface area contributed by atoms with Crippen LogP contribution in [0.2, 0.25) is 0 Å². The fourth-order valence-electron chi connectivity index (χ4n) is 1.29. The Morgan fingerprint density at radius 3 is 2.82 bits per heavy atom. The molecule has 0 aromatic carbocycles. The summed E-state index contributed by atoms with van der Waals surface area (Å²) in [5.41, 5.74) is 0.331. The lowest BCUT2D eigenvalue weighted by atomic mass is 10.4. The molecule has 0 aliphatic rings. The molecule has 0 aliphatic carbocycles. The van der Waals surface area contributed by atoms with E-state index in [0.717, 1.165) is 0 Å². The maximum absolute atomic E-state index is 11.9. The van der Waals surface area contributed by atoms with Crippen LogP contribution in [0.25, 0.3) is 0 Å². The number of rotatable bonds is 3. The Kier molecular flexibility index (Phi) is 3.23. The Bertz CT molecular complexity index is 545. The Labute approximate surface area is 106 Å². The van der Waals surface area contributed by atoms with Crippen molar-refractivity contribution in [1.82, 2.24) is 24.8 Å². The summed E-state index contributed by atoms with van der Waals surface area (Å²) in [5.74, 6) is 0.0834. The average Bonchev–Trinajstić information content (AvgIpc) is 2.85. The molecule has 1 N–H and O–H groups in total. The van der Waals surface area contributed by atoms with Gasteiger partial charge in [-0.25, -0.2) is 0 Å². The minimum atomic E-state index is -0.315. The van der Waals surface area contributed by atoms with Crippen molar-refractivity contribution in [3.63, 3.8) is 0 Å². The summed E-state index contributed by atoms with van der Waals surface area (Å²) in [5, 5.41) is 14.2. The highest BCUT2D eigenvalue weighted by Crippen LogP contribution is 2.16. The van der Waals surface area contributed by atoms with E-state index in [0.29, 0.717) is 22.5 Å². The first-order valence-corrected chi connectivity index (χ1v) is 5.80. The topological polar surface area (TPSA) is 77.6 Å². The number of aromatic nitrogens is 5. The van der Waals surface area contributed by atoms with Crippen LogP contribution in [-0.4, -0.2) is 30.7 Å². The van der Waals surface area contributed by atoms with Crippen LogP contribution >= 0.6 is 15.9 Å². The van der Waals surface area contributed by atoms with E-state index in [-0.39, 0.29) is 5.91 Å². The fourth-order valence-corrected chi connectivity index (χ4v) is 1.79. The van der Waals surface area contributed by atoms with Crippen molar-refractivity contribution < 1.29 is 4.79 Å². The van der Waals surface area contributed by atoms with E-state index in [4.69, 9.17) is 0 Å². The van der Waals surface area contributed by atoms with Crippen molar-refractivity contribution in [3.05, 3.63) is 22.6 Å². The highest BCUT2D eigenvalue weighted by molar-refractivity contribution is 9.10. The number of aryl methyl sites for hydroxylation is 2. The molecule has 0 saturated heterocycles. The van der Waals surface area contributed by atoms with Crippen LogP contribution in [0.15, 0.2) is 16.9 Å². The van der Waals surface area contributed by atoms with Gasteiger partial charge < -0.3 is 5.32 Å². The van der Waals surface area contributed by atoms with Gasteiger partial charge in [-0.3, -0.25) is 14.2 Å². The predicted octanol–water partition coefficient (Wildman–Crippen LogP) is 1.05. The molecule has 90 valence electrons. The SMILES string of the molecule is CCn1cc(Br)c(C(=O)Nc2cn(C)nn2)n1. The van der Waals surface area contributed by atoms with Crippen LogP contribution in [0.3, 0.4) is 0 Å². The van der Waals surface area contributed by atoms with Crippen molar-refractivity contribution >= 4 is 27.7 Å². The first-order chi connectivity index (χ1) is 8.10. The summed E-state index contributed by atoms with van der Waals surface area (Å²) in [6.45, 7) is 2.65. The van der Waals surface area contributed by atoms with Crippen LogP contribution in [0, 0.1) is 0 Å². The molecule has 2 aromatic rings. The molecular formula is C9H11BrN6O. The minimum absolute atomic E-state index is 0.315. The minimum Gasteiger partial charge on any atom is -0.302 e. The zero-order chi connectivity index (χ0) is 12.4. The third kappa shape index (κ3) is 2.52. The standard InChI is InChI=1S/C9H11BrN6O/c1-3-16-4-6(10)8(13-16)9(17)11-7-5-15(2)14-12-7/h4-5H,3H2,1-2H3,(H,11,17). The molecule has 17 heavy (non-hydrogen) atoms. The van der Waals surface area contributed by atoms with Gasteiger partial charge >= 0.3 is 0 Å². The van der Waals surface area contributed by atoms with Crippen LogP contribution in [0.5, 0.6) is 0 Å². The molecule has 0 spiro atoms. The van der Waals surface area contributed by atoms with E-state index in [2.05, 4.69) is 36.7 Å². The number of amides is 1. The van der Waals surface area contributed by atoms with Gasteiger partial charge in [-0.15, -0.1) is 5.10 Å². The van der Waals surface area contributed by atoms with Crippen LogP contribution in [0.1, 0.15) is 17.4 Å². The van der Waals surface area contributed by atoms with Gasteiger partial charge in [0, 0.05) is 19.8 Å². The second-order valence-electron chi connectivity index (χ2n) is 3.41. The number of nitrogens with zero attached hydrogens (tertiary/aromatic N) is 5. The Morgan fingerprint density at radius 1 is 1.53 bits per heavy atom. The molecule has 8 heteroatoms. The van der Waals surface area contributed by atoms with Crippen LogP contribution < -0.4 is 5.32 Å². The van der Waals surface area contributed by atoms with E-state index in [1.165, 1.54) is 4.68 Å². The quantitative estimate of drug-likeness (QED) is 0.919. The summed E-state index contributed by atoms with van der Waals surface area (Å²) in [6, 6.07) is 0. The molecule has 0 radical (unpaired) electrons. The Balaban J connectivity index is 2.16. The smallest absolute Gasteiger partial charge is 0.278 e. The summed E-state index contributed by atoms with van der Waals surface area (Å²) in [7, 11) is 1.73. The van der Waals surface area contributed by atoms with Gasteiger partial charge in [0.15, 0.2) is 11.5 Å². The Morgan fingerprint density at radius 2 is 2.29 bits per heavy atom. The van der Waals surface area contributed by atoms with Crippen molar-refractivity contribution in [2.45, 2.75) is 13.5 Å². The number of carbonyl (C=O) groups excluding carboxylic acids is 1. The van der Waals surface area contributed by atoms with E-state index in [9.17, 15) is 4.79 Å². The predicted molar refractivity (Wildman–Crippen MR) is 64.6 cm³/mol. The Hall–Kier alpha value is -1.70. The van der Waals surface area contributed by atoms with Gasteiger partial charge in [-0.05, 0) is 22.9 Å². The molecule has 0 aliphatic heterocycles. The number of halogens is 1. The second-order valence-corrected chi connectivity index (χ2v) is 4.27. The zero-order valence-electron chi connectivity index (χ0n) is 9.38.